The van der Waals surface area contributed by atoms with Crippen molar-refractivity contribution in [3.63, 3.8) is 0 Å². The summed E-state index contributed by atoms with van der Waals surface area (Å²) < 4.78 is 0. The molecule has 0 aliphatic rings. The standard InChI is InChI=1S/CH4.CH3.Pd.2Y/h1H4;1H3;;;/q;-1;;;. The fourth-order valence-corrected chi connectivity index (χ4v) is 0. The minimum atomic E-state index is 0. The van der Waals surface area contributed by atoms with Gasteiger partial charge in [0, 0.05) is 85.8 Å². The predicted octanol–water partition coefficient (Wildman–Crippen LogP) is 1.08. The van der Waals surface area contributed by atoms with Crippen LogP contribution < -0.4 is 0 Å². The van der Waals surface area contributed by atoms with Gasteiger partial charge in [-0.2, -0.15) is 0 Å². The maximum absolute atomic E-state index is 0. The van der Waals surface area contributed by atoms with Crippen molar-refractivity contribution in [3.8, 4) is 0 Å². The van der Waals surface area contributed by atoms with Gasteiger partial charge in [-0.15, -0.1) is 0 Å². The van der Waals surface area contributed by atoms with Crippen molar-refractivity contribution in [2.24, 2.45) is 0 Å². The summed E-state index contributed by atoms with van der Waals surface area (Å²) in [6.45, 7) is 0. The summed E-state index contributed by atoms with van der Waals surface area (Å²) in [6.07, 6.45) is 0. The third-order valence-electron chi connectivity index (χ3n) is 0. The van der Waals surface area contributed by atoms with Crippen LogP contribution >= 0.6 is 0 Å². The van der Waals surface area contributed by atoms with Gasteiger partial charge in [-0.25, -0.2) is 0 Å². The van der Waals surface area contributed by atoms with Gasteiger partial charge in [-0.3, -0.25) is 0 Å². The second-order valence-corrected chi connectivity index (χ2v) is 0. The second-order valence-electron chi connectivity index (χ2n) is 0. The quantitative estimate of drug-likeness (QED) is 0.464. The van der Waals surface area contributed by atoms with Crippen LogP contribution in [-0.4, -0.2) is 0 Å². The molecule has 2 radical (unpaired) electrons. The molecule has 0 atom stereocenters. The molecule has 0 rings (SSSR count). The van der Waals surface area contributed by atoms with E-state index >= 15 is 0 Å². The normalized spacial score (nSPS) is 0. The fraction of sp³-hybridized carbons (Fsp3) is 0.500. The molecule has 0 heterocycles. The van der Waals surface area contributed by atoms with E-state index in [1.165, 1.54) is 0 Å². The van der Waals surface area contributed by atoms with Gasteiger partial charge < -0.3 is 7.43 Å². The average Bonchev–Trinajstić information content (AvgIpc) is 0. The van der Waals surface area contributed by atoms with Gasteiger partial charge in [0.1, 0.15) is 0 Å². The molecule has 0 saturated heterocycles. The van der Waals surface area contributed by atoms with Gasteiger partial charge in [-0.1, -0.05) is 7.43 Å². The summed E-state index contributed by atoms with van der Waals surface area (Å²) in [7, 11) is 0. The van der Waals surface area contributed by atoms with E-state index in [2.05, 4.69) is 0 Å². The maximum atomic E-state index is 0. The van der Waals surface area contributed by atoms with Crippen LogP contribution in [0.4, 0.5) is 0 Å². The van der Waals surface area contributed by atoms with Crippen molar-refractivity contribution in [2.75, 3.05) is 0 Å². The van der Waals surface area contributed by atoms with Gasteiger partial charge in [0.25, 0.3) is 0 Å². The monoisotopic (exact) mass is 315 g/mol. The largest absolute Gasteiger partial charge is 0.358 e. The molecule has 0 bridgehead atoms. The molecule has 0 aliphatic heterocycles. The van der Waals surface area contributed by atoms with Crippen LogP contribution in [0.15, 0.2) is 0 Å². The zero-order valence-electron chi connectivity index (χ0n) is 2.47. The average molecular weight is 315 g/mol. The summed E-state index contributed by atoms with van der Waals surface area (Å²) in [4.78, 5) is 0. The van der Waals surface area contributed by atoms with Crippen molar-refractivity contribution in [3.05, 3.63) is 7.43 Å². The van der Waals surface area contributed by atoms with Crippen LogP contribution in [0.25, 0.3) is 0 Å². The number of hydrogen-bond donors (Lipinski definition) is 0. The van der Waals surface area contributed by atoms with Crippen LogP contribution in [0.3, 0.4) is 0 Å². The number of hydrogen-bond acceptors (Lipinski definition) is 0. The van der Waals surface area contributed by atoms with E-state index in [-0.39, 0.29) is 101 Å². The second kappa shape index (κ2) is 28.7. The molecule has 5 heavy (non-hydrogen) atoms. The van der Waals surface area contributed by atoms with E-state index < -0.39 is 0 Å². The van der Waals surface area contributed by atoms with Crippen molar-refractivity contribution in [1.29, 1.82) is 0 Å². The van der Waals surface area contributed by atoms with Crippen molar-refractivity contribution in [1.82, 2.24) is 0 Å². The first kappa shape index (κ1) is 45.1. The molecule has 0 spiro atoms. The first-order chi connectivity index (χ1) is 0. The van der Waals surface area contributed by atoms with Gasteiger partial charge in [0.2, 0.25) is 0 Å². The Morgan fingerprint density at radius 2 is 0.800 bits per heavy atom. The Kier molecular flexibility index (Phi) is 259. The maximum Gasteiger partial charge on any atom is 0 e. The van der Waals surface area contributed by atoms with Crippen molar-refractivity contribution < 1.29 is 85.8 Å². The Bertz CT molecular complexity index is 7.61. The van der Waals surface area contributed by atoms with Crippen LogP contribution in [0, 0.1) is 7.43 Å². The fourth-order valence-electron chi connectivity index (χ4n) is 0. The van der Waals surface area contributed by atoms with Gasteiger partial charge in [0.15, 0.2) is 0 Å². The molecule has 3 heteroatoms. The Balaban J connectivity index is 0. The molecular formula is C2H7PdY2-. The first-order valence-corrected chi connectivity index (χ1v) is 0. The molecule has 0 unspecified atom stereocenters. The van der Waals surface area contributed by atoms with Gasteiger partial charge >= 0.3 is 0 Å². The van der Waals surface area contributed by atoms with E-state index in [4.69, 9.17) is 0 Å². The smallest absolute Gasteiger partial charge is 0 e. The molecule has 0 saturated carbocycles. The summed E-state index contributed by atoms with van der Waals surface area (Å²) in [6, 6.07) is 0. The third-order valence-corrected chi connectivity index (χ3v) is 0. The van der Waals surface area contributed by atoms with Crippen LogP contribution in [0.5, 0.6) is 0 Å². The predicted molar refractivity (Wildman–Crippen MR) is 13.1 cm³/mol. The number of rotatable bonds is 0. The van der Waals surface area contributed by atoms with Gasteiger partial charge in [0.05, 0.1) is 0 Å². The van der Waals surface area contributed by atoms with E-state index in [1.807, 2.05) is 0 Å². The zero-order chi connectivity index (χ0) is 0. The third kappa shape index (κ3) is 19.8. The molecule has 0 amide bonds. The minimum absolute atomic E-state index is 0. The Hall–Kier alpha value is 2.87. The Morgan fingerprint density at radius 3 is 0.800 bits per heavy atom. The minimum Gasteiger partial charge on any atom is -0.358 e. The Morgan fingerprint density at radius 1 is 0.800 bits per heavy atom. The van der Waals surface area contributed by atoms with Crippen molar-refractivity contribution >= 4 is 0 Å². The summed E-state index contributed by atoms with van der Waals surface area (Å²) >= 11 is 0. The molecule has 0 N–H and O–H groups in total. The molecule has 0 aromatic rings. The summed E-state index contributed by atoms with van der Waals surface area (Å²) in [5.74, 6) is 0. The van der Waals surface area contributed by atoms with E-state index in [0.29, 0.717) is 0 Å². The molecular weight excluding hydrogens is 308 g/mol. The molecule has 32 valence electrons. The van der Waals surface area contributed by atoms with Gasteiger partial charge in [-0.05, 0) is 0 Å². The SMILES string of the molecule is C.[CH3-].[Pd].[Y].[Y]. The molecule has 0 nitrogen and oxygen atoms in total. The molecule has 0 aromatic carbocycles. The molecule has 0 aromatic heterocycles. The topological polar surface area (TPSA) is 0 Å². The van der Waals surface area contributed by atoms with E-state index in [9.17, 15) is 0 Å². The summed E-state index contributed by atoms with van der Waals surface area (Å²) in [5, 5.41) is 0. The van der Waals surface area contributed by atoms with Crippen LogP contribution in [-0.2, 0) is 85.8 Å². The summed E-state index contributed by atoms with van der Waals surface area (Å²) in [5.41, 5.74) is 0. The molecule has 0 aliphatic carbocycles. The van der Waals surface area contributed by atoms with Crippen LogP contribution in [0.1, 0.15) is 7.43 Å². The molecule has 0 fully saturated rings. The van der Waals surface area contributed by atoms with Crippen LogP contribution in [0.2, 0.25) is 0 Å². The van der Waals surface area contributed by atoms with E-state index in [0.717, 1.165) is 0 Å². The first-order valence-electron chi connectivity index (χ1n) is 0. The zero-order valence-corrected chi connectivity index (χ0v) is 9.70. The van der Waals surface area contributed by atoms with E-state index in [1.54, 1.807) is 0 Å². The Labute approximate surface area is 98.7 Å². The van der Waals surface area contributed by atoms with Crippen molar-refractivity contribution in [2.45, 2.75) is 7.43 Å².